The highest BCUT2D eigenvalue weighted by Crippen LogP contribution is 2.05. The smallest absolute Gasteiger partial charge is 0.219 e. The van der Waals surface area contributed by atoms with Crippen molar-refractivity contribution in [1.29, 1.82) is 0 Å². The monoisotopic (exact) mass is 284 g/mol. The van der Waals surface area contributed by atoms with E-state index in [1.807, 2.05) is 4.90 Å². The van der Waals surface area contributed by atoms with Gasteiger partial charge in [0, 0.05) is 6.92 Å². The molecule has 1 heterocycles. The van der Waals surface area contributed by atoms with Gasteiger partial charge in [0.2, 0.25) is 5.91 Å². The van der Waals surface area contributed by atoms with E-state index in [2.05, 4.69) is 14.1 Å². The molecule has 1 rings (SSSR count). The molecule has 4 heteroatoms. The highest BCUT2D eigenvalue weighted by atomic mass is 127. The Hall–Kier alpha value is 0.160. The van der Waals surface area contributed by atoms with Crippen molar-refractivity contribution in [2.24, 2.45) is 0 Å². The number of hydrogen-bond acceptors (Lipinski definition) is 1. The molecule has 1 fully saturated rings. The van der Waals surface area contributed by atoms with Crippen LogP contribution in [-0.4, -0.2) is 55.6 Å². The maximum Gasteiger partial charge on any atom is 0.219 e. The minimum atomic E-state index is 0. The van der Waals surface area contributed by atoms with Crippen LogP contribution in [0.5, 0.6) is 0 Å². The lowest BCUT2D eigenvalue weighted by molar-refractivity contribution is -0.894. The molecule has 72 valence electrons. The van der Waals surface area contributed by atoms with Crippen LogP contribution in [0.25, 0.3) is 0 Å². The molecule has 0 aliphatic carbocycles. The van der Waals surface area contributed by atoms with E-state index >= 15 is 0 Å². The lowest BCUT2D eigenvalue weighted by atomic mass is 10.3. The van der Waals surface area contributed by atoms with Crippen LogP contribution in [0.1, 0.15) is 6.92 Å². The minimum Gasteiger partial charge on any atom is -1.00 e. The third kappa shape index (κ3) is 3.26. The zero-order valence-electron chi connectivity index (χ0n) is 8.01. The Bertz CT molecular complexity index is 160. The summed E-state index contributed by atoms with van der Waals surface area (Å²) in [6.07, 6.45) is 0. The topological polar surface area (TPSA) is 20.3 Å². The Kier molecular flexibility index (Phi) is 4.47. The summed E-state index contributed by atoms with van der Waals surface area (Å²) in [6, 6.07) is 0. The second-order valence-corrected chi connectivity index (χ2v) is 3.89. The molecule has 12 heavy (non-hydrogen) atoms. The van der Waals surface area contributed by atoms with E-state index in [0.717, 1.165) is 30.7 Å². The Morgan fingerprint density at radius 3 is 2.00 bits per heavy atom. The molecular weight excluding hydrogens is 267 g/mol. The molecule has 0 saturated carbocycles. The summed E-state index contributed by atoms with van der Waals surface area (Å²) in [5.74, 6) is 0.213. The Morgan fingerprint density at radius 2 is 1.67 bits per heavy atom. The molecule has 0 aromatic carbocycles. The molecule has 0 radical (unpaired) electrons. The molecule has 1 amide bonds. The van der Waals surface area contributed by atoms with Gasteiger partial charge in [-0.3, -0.25) is 4.79 Å². The Labute approximate surface area is 91.3 Å². The highest BCUT2D eigenvalue weighted by molar-refractivity contribution is 5.73. The van der Waals surface area contributed by atoms with Gasteiger partial charge in [-0.05, 0) is 0 Å². The predicted octanol–water partition coefficient (Wildman–Crippen LogP) is -3.07. The maximum atomic E-state index is 10.9. The number of likely N-dealkylation sites (N-methyl/N-ethyl adjacent to an activating group) is 1. The first-order valence-electron chi connectivity index (χ1n) is 4.09. The number of halogens is 1. The number of piperazine rings is 1. The van der Waals surface area contributed by atoms with Crippen LogP contribution >= 0.6 is 0 Å². The highest BCUT2D eigenvalue weighted by Gasteiger charge is 2.24. The zero-order valence-corrected chi connectivity index (χ0v) is 10.2. The van der Waals surface area contributed by atoms with Gasteiger partial charge in [-0.25, -0.2) is 0 Å². The Morgan fingerprint density at radius 1 is 1.25 bits per heavy atom. The van der Waals surface area contributed by atoms with E-state index in [1.165, 1.54) is 0 Å². The van der Waals surface area contributed by atoms with E-state index < -0.39 is 0 Å². The summed E-state index contributed by atoms with van der Waals surface area (Å²) in [7, 11) is 4.41. The molecule has 3 nitrogen and oxygen atoms in total. The lowest BCUT2D eigenvalue weighted by Crippen LogP contribution is -3.00. The normalized spacial score (nSPS) is 21.4. The van der Waals surface area contributed by atoms with Crippen molar-refractivity contribution in [1.82, 2.24) is 4.90 Å². The van der Waals surface area contributed by atoms with Gasteiger partial charge in [-0.1, -0.05) is 0 Å². The fourth-order valence-corrected chi connectivity index (χ4v) is 1.32. The average molecular weight is 284 g/mol. The standard InChI is InChI=1S/C8H17N2O.HI/c1-8(11)9-4-6-10(2,3)7-5-9;/h4-7H2,1-3H3;1H/q+1;/p-1. The first-order valence-corrected chi connectivity index (χ1v) is 4.09. The van der Waals surface area contributed by atoms with E-state index in [1.54, 1.807) is 6.92 Å². The van der Waals surface area contributed by atoms with Gasteiger partial charge in [-0.2, -0.15) is 0 Å². The van der Waals surface area contributed by atoms with Crippen LogP contribution in [0.2, 0.25) is 0 Å². The van der Waals surface area contributed by atoms with Gasteiger partial charge in [0.15, 0.2) is 0 Å². The van der Waals surface area contributed by atoms with E-state index in [4.69, 9.17) is 0 Å². The molecule has 0 atom stereocenters. The van der Waals surface area contributed by atoms with Crippen molar-refractivity contribution < 1.29 is 33.3 Å². The number of amides is 1. The van der Waals surface area contributed by atoms with Crippen molar-refractivity contribution in [2.45, 2.75) is 6.92 Å². The quantitative estimate of drug-likeness (QED) is 0.341. The number of carbonyl (C=O) groups excluding carboxylic acids is 1. The van der Waals surface area contributed by atoms with Crippen LogP contribution in [0, 0.1) is 0 Å². The second-order valence-electron chi connectivity index (χ2n) is 3.89. The van der Waals surface area contributed by atoms with Crippen molar-refractivity contribution >= 4 is 5.91 Å². The van der Waals surface area contributed by atoms with Gasteiger partial charge in [-0.15, -0.1) is 0 Å². The van der Waals surface area contributed by atoms with Gasteiger partial charge >= 0.3 is 0 Å². The van der Waals surface area contributed by atoms with E-state index in [9.17, 15) is 4.79 Å². The van der Waals surface area contributed by atoms with Crippen LogP contribution in [-0.2, 0) is 4.79 Å². The molecule has 0 spiro atoms. The molecule has 0 aromatic heterocycles. The summed E-state index contributed by atoms with van der Waals surface area (Å²) in [6.45, 7) is 5.65. The van der Waals surface area contributed by atoms with Gasteiger partial charge < -0.3 is 33.4 Å². The number of carbonyl (C=O) groups is 1. The van der Waals surface area contributed by atoms with Crippen LogP contribution < -0.4 is 24.0 Å². The van der Waals surface area contributed by atoms with Crippen LogP contribution in [0.3, 0.4) is 0 Å². The average Bonchev–Trinajstić information content (AvgIpc) is 1.86. The van der Waals surface area contributed by atoms with Crippen LogP contribution in [0.15, 0.2) is 0 Å². The number of nitrogens with zero attached hydrogens (tertiary/aromatic N) is 2. The minimum absolute atomic E-state index is 0. The van der Waals surface area contributed by atoms with Gasteiger partial charge in [0.1, 0.15) is 0 Å². The fraction of sp³-hybridized carbons (Fsp3) is 0.875. The molecular formula is C8H17IN2O. The molecule has 0 bridgehead atoms. The number of hydrogen-bond donors (Lipinski definition) is 0. The van der Waals surface area contributed by atoms with E-state index in [-0.39, 0.29) is 29.9 Å². The zero-order chi connectivity index (χ0) is 8.48. The van der Waals surface area contributed by atoms with E-state index in [0.29, 0.717) is 0 Å². The van der Waals surface area contributed by atoms with Crippen molar-refractivity contribution in [3.63, 3.8) is 0 Å². The molecule has 0 aromatic rings. The lowest BCUT2D eigenvalue weighted by Gasteiger charge is -2.38. The third-order valence-corrected chi connectivity index (χ3v) is 2.40. The van der Waals surface area contributed by atoms with Gasteiger partial charge in [0.25, 0.3) is 0 Å². The van der Waals surface area contributed by atoms with Crippen molar-refractivity contribution in [3.8, 4) is 0 Å². The molecule has 1 aliphatic rings. The maximum absolute atomic E-state index is 10.9. The molecule has 1 saturated heterocycles. The summed E-state index contributed by atoms with van der Waals surface area (Å²) >= 11 is 0. The molecule has 1 aliphatic heterocycles. The SMILES string of the molecule is CC(=O)N1CC[N+](C)(C)CC1.[I-]. The predicted molar refractivity (Wildman–Crippen MR) is 44.1 cm³/mol. The Balaban J connectivity index is 0.00000121. The first-order chi connectivity index (χ1) is 5.01. The summed E-state index contributed by atoms with van der Waals surface area (Å²) in [5, 5.41) is 0. The molecule has 0 N–H and O–H groups in total. The molecule has 0 unspecified atom stereocenters. The third-order valence-electron chi connectivity index (χ3n) is 2.40. The summed E-state index contributed by atoms with van der Waals surface area (Å²) < 4.78 is 1.05. The number of rotatable bonds is 0. The summed E-state index contributed by atoms with van der Waals surface area (Å²) in [5.41, 5.74) is 0. The second kappa shape index (κ2) is 4.41. The first kappa shape index (κ1) is 12.2. The number of quaternary nitrogens is 1. The largest absolute Gasteiger partial charge is 1.00 e. The fourth-order valence-electron chi connectivity index (χ4n) is 1.32. The van der Waals surface area contributed by atoms with Crippen molar-refractivity contribution in [3.05, 3.63) is 0 Å². The van der Waals surface area contributed by atoms with Crippen LogP contribution in [0.4, 0.5) is 0 Å². The van der Waals surface area contributed by atoms with Crippen molar-refractivity contribution in [2.75, 3.05) is 40.3 Å². The van der Waals surface area contributed by atoms with Gasteiger partial charge in [0.05, 0.1) is 40.3 Å². The summed E-state index contributed by atoms with van der Waals surface area (Å²) in [4.78, 5) is 12.8.